The van der Waals surface area contributed by atoms with Gasteiger partial charge in [0, 0.05) is 0 Å². The molecule has 0 saturated heterocycles. The minimum absolute atomic E-state index is 0.171. The van der Waals surface area contributed by atoms with Gasteiger partial charge in [-0.3, -0.25) is 0 Å². The van der Waals surface area contributed by atoms with E-state index in [0.717, 1.165) is 55.7 Å². The summed E-state index contributed by atoms with van der Waals surface area (Å²) in [5, 5.41) is 0. The summed E-state index contributed by atoms with van der Waals surface area (Å²) in [5.41, 5.74) is 0. The van der Waals surface area contributed by atoms with Gasteiger partial charge in [0.1, 0.15) is 0 Å². The van der Waals surface area contributed by atoms with Crippen LogP contribution in [0.5, 0.6) is 0 Å². The second-order valence-electron chi connectivity index (χ2n) is 7.02. The third-order valence-corrected chi connectivity index (χ3v) is 6.60. The van der Waals surface area contributed by atoms with Crippen LogP contribution < -0.4 is 0 Å². The molecule has 0 aliphatic rings. The summed E-state index contributed by atoms with van der Waals surface area (Å²) in [7, 11) is 0. The Morgan fingerprint density at radius 3 is 0.946 bits per heavy atom. The van der Waals surface area contributed by atoms with E-state index in [1.807, 2.05) is 20.8 Å². The monoisotopic (exact) mass is 634 g/mol. The van der Waals surface area contributed by atoms with Gasteiger partial charge in [0.05, 0.1) is 0 Å². The summed E-state index contributed by atoms with van der Waals surface area (Å²) in [6.45, 7) is 6.24. The van der Waals surface area contributed by atoms with Gasteiger partial charge >= 0.3 is 225 Å². The predicted molar refractivity (Wildman–Crippen MR) is 129 cm³/mol. The Bertz CT molecular complexity index is 737. The first-order chi connectivity index (χ1) is 17.7. The van der Waals surface area contributed by atoms with E-state index in [1.165, 1.54) is 0 Å². The number of hydrogen-bond donors (Lipinski definition) is 0. The molecular weight excluding hydrogens is 602 g/mol. The number of unbranched alkanes of at least 4 members (excludes halogenated alkanes) is 3. The van der Waals surface area contributed by atoms with Crippen molar-refractivity contribution in [2.45, 2.75) is 59.3 Å². The van der Waals surface area contributed by atoms with Crippen molar-refractivity contribution in [3.8, 4) is 0 Å². The van der Waals surface area contributed by atoms with Crippen LogP contribution in [0, 0.1) is 0 Å². The van der Waals surface area contributed by atoms with E-state index in [0.29, 0.717) is 19.3 Å². The van der Waals surface area contributed by atoms with Crippen LogP contribution in [-0.2, 0) is 52.0 Å². The van der Waals surface area contributed by atoms with Gasteiger partial charge in [0.15, 0.2) is 0 Å². The molecule has 0 spiro atoms. The van der Waals surface area contributed by atoms with Gasteiger partial charge < -0.3 is 0 Å². The Balaban J connectivity index is 5.12. The van der Waals surface area contributed by atoms with Crippen molar-refractivity contribution in [3.05, 3.63) is 36.5 Å². The molecule has 0 rings (SSSR count). The molecule has 12 nitrogen and oxygen atoms in total. The molecule has 0 saturated carbocycles. The number of carbonyl (C=O) groups excluding carboxylic acids is 6. The maximum absolute atomic E-state index is 12.0. The van der Waals surface area contributed by atoms with Crippen molar-refractivity contribution < 1.29 is 52.0 Å². The van der Waals surface area contributed by atoms with Crippen molar-refractivity contribution in [2.24, 2.45) is 0 Å². The Kier molecular flexibility index (Phi) is 20.2. The van der Waals surface area contributed by atoms with Gasteiger partial charge in [0.25, 0.3) is 0 Å². The van der Waals surface area contributed by atoms with Crippen molar-refractivity contribution in [1.82, 2.24) is 0 Å². The predicted octanol–water partition coefficient (Wildman–Crippen LogP) is 2.30. The molecule has 206 valence electrons. The summed E-state index contributed by atoms with van der Waals surface area (Å²) in [6.07, 6.45) is 8.92. The van der Waals surface area contributed by atoms with Crippen LogP contribution in [0.3, 0.4) is 0 Å². The molecule has 0 bridgehead atoms. The van der Waals surface area contributed by atoms with Crippen LogP contribution in [0.1, 0.15) is 59.3 Å². The molecule has 0 aliphatic heterocycles. The van der Waals surface area contributed by atoms with Crippen LogP contribution in [0.2, 0.25) is 0 Å². The molecule has 0 amide bonds. The van der Waals surface area contributed by atoms with E-state index in [9.17, 15) is 28.8 Å². The molecule has 37 heavy (non-hydrogen) atoms. The molecule has 0 N–H and O–H groups in total. The molecule has 13 heteroatoms. The van der Waals surface area contributed by atoms with Gasteiger partial charge in [-0.2, -0.15) is 0 Å². The average Bonchev–Trinajstić information content (AvgIpc) is 2.85. The van der Waals surface area contributed by atoms with Gasteiger partial charge in [0.2, 0.25) is 0 Å². The number of rotatable bonds is 18. The molecule has 0 aromatic rings. The van der Waals surface area contributed by atoms with E-state index < -0.39 is 57.3 Å². The number of esters is 3. The summed E-state index contributed by atoms with van der Waals surface area (Å²) < 4.78 is 29.3. The van der Waals surface area contributed by atoms with Gasteiger partial charge in [-0.05, 0) is 0 Å². The second-order valence-corrected chi connectivity index (χ2v) is 9.86. The molecule has 0 fully saturated rings. The van der Waals surface area contributed by atoms with Crippen LogP contribution in [0.15, 0.2) is 36.5 Å². The first-order valence-electron chi connectivity index (χ1n) is 11.7. The zero-order chi connectivity index (χ0) is 27.9. The van der Waals surface area contributed by atoms with Gasteiger partial charge in [-0.15, -0.1) is 0 Å². The van der Waals surface area contributed by atoms with Crippen LogP contribution in [0.4, 0.5) is 0 Å². The summed E-state index contributed by atoms with van der Waals surface area (Å²) in [5.74, 6) is -5.79. The summed E-state index contributed by atoms with van der Waals surface area (Å²) in [6, 6.07) is 0. The normalized spacial score (nSPS) is 11.0. The second kappa shape index (κ2) is 22.1. The molecule has 0 aromatic heterocycles. The van der Waals surface area contributed by atoms with E-state index in [2.05, 4.69) is 0 Å². The maximum atomic E-state index is 12.0. The number of carbonyl (C=O) groups is 6. The number of ether oxygens (including phenoxy) is 3. The first-order valence-corrected chi connectivity index (χ1v) is 14.8. The topological polar surface area (TPSA) is 158 Å². The van der Waals surface area contributed by atoms with Crippen LogP contribution in [-0.4, -0.2) is 77.1 Å². The van der Waals surface area contributed by atoms with Crippen molar-refractivity contribution in [2.75, 3.05) is 19.8 Å². The van der Waals surface area contributed by atoms with E-state index in [1.54, 1.807) is 0 Å². The minimum atomic E-state index is -4.36. The van der Waals surface area contributed by atoms with Gasteiger partial charge in [-0.25, -0.2) is 0 Å². The third-order valence-electron chi connectivity index (χ3n) is 3.79. The Morgan fingerprint density at radius 1 is 0.459 bits per heavy atom. The van der Waals surface area contributed by atoms with E-state index >= 15 is 0 Å². The fourth-order valence-corrected chi connectivity index (χ4v) is 3.97. The van der Waals surface area contributed by atoms with E-state index in [4.69, 9.17) is 23.3 Å². The Morgan fingerprint density at radius 2 is 0.703 bits per heavy atom. The Labute approximate surface area is 224 Å². The summed E-state index contributed by atoms with van der Waals surface area (Å²) in [4.78, 5) is 70.8. The molecule has 0 radical (unpaired) electrons. The molecule has 0 aromatic carbocycles. The third kappa shape index (κ3) is 20.7. The fourth-order valence-electron chi connectivity index (χ4n) is 1.87. The zero-order valence-electron chi connectivity index (χ0n) is 21.2. The fraction of sp³-hybridized carbons (Fsp3) is 0.500. The quantitative estimate of drug-likeness (QED) is 0.0713. The molecule has 0 heterocycles. The van der Waals surface area contributed by atoms with Crippen molar-refractivity contribution in [1.29, 1.82) is 0 Å². The first kappa shape index (κ1) is 33.9. The molecule has 0 atom stereocenters. The molecular formula is C24H33O12Sb. The standard InChI is InChI=1S/3C8H12O4.Sb/c3*1-2-3-6-12-8(11)5-4-7(9)10;/h3*4-5H,2-3,6H2,1H3,(H,9,10);/q;;;+3/p-3. The van der Waals surface area contributed by atoms with Crippen molar-refractivity contribution in [3.63, 3.8) is 0 Å². The van der Waals surface area contributed by atoms with Gasteiger partial charge in [-0.1, -0.05) is 0 Å². The molecule has 0 unspecified atom stereocenters. The SMILES string of the molecule is CCCCOC(=O)C=CC(=O)[O][Sb]([O]C(=O)C=CC(=O)OCCCC)[O]C(=O)C=CC(=O)OCCCC. The van der Waals surface area contributed by atoms with Crippen molar-refractivity contribution >= 4 is 57.3 Å². The summed E-state index contributed by atoms with van der Waals surface area (Å²) >= 11 is -4.36. The zero-order valence-corrected chi connectivity index (χ0v) is 23.7. The van der Waals surface area contributed by atoms with E-state index in [-0.39, 0.29) is 19.8 Å². The van der Waals surface area contributed by atoms with Crippen LogP contribution >= 0.6 is 0 Å². The number of hydrogen-bond acceptors (Lipinski definition) is 12. The average molecular weight is 635 g/mol. The Hall–Kier alpha value is -3.14. The van der Waals surface area contributed by atoms with Crippen LogP contribution in [0.25, 0.3) is 0 Å². The molecule has 0 aliphatic carbocycles.